The highest BCUT2D eigenvalue weighted by atomic mass is 32.1. The van der Waals surface area contributed by atoms with E-state index >= 15 is 0 Å². The summed E-state index contributed by atoms with van der Waals surface area (Å²) >= 11 is 1.85. The first-order chi connectivity index (χ1) is 8.29. The molecule has 0 amide bonds. The lowest BCUT2D eigenvalue weighted by Crippen LogP contribution is -2.42. The smallest absolute Gasteiger partial charge is 0.0242 e. The fourth-order valence-corrected chi connectivity index (χ4v) is 3.62. The molecule has 0 aromatic carbocycles. The summed E-state index contributed by atoms with van der Waals surface area (Å²) in [5.74, 6) is 7.44. The van der Waals surface area contributed by atoms with Crippen molar-refractivity contribution in [3.63, 3.8) is 0 Å². The molecule has 3 heteroatoms. The second-order valence-electron chi connectivity index (χ2n) is 5.41. The van der Waals surface area contributed by atoms with Crippen LogP contribution in [-0.4, -0.2) is 6.04 Å². The largest absolute Gasteiger partial charge is 0.271 e. The van der Waals surface area contributed by atoms with Gasteiger partial charge in [-0.15, -0.1) is 11.3 Å². The molecular formula is C14H24N2S. The molecule has 1 fully saturated rings. The third-order valence-corrected chi connectivity index (χ3v) is 5.06. The van der Waals surface area contributed by atoms with Gasteiger partial charge in [0.15, 0.2) is 0 Å². The summed E-state index contributed by atoms with van der Waals surface area (Å²) in [7, 11) is 0. The standard InChI is InChI=1S/C14H24N2S/c1-11-4-6-12(7-5-11)14(16-15)9-8-13-3-2-10-17-13/h2-3,10-12,14,16H,4-9,15H2,1H3. The third kappa shape index (κ3) is 3.80. The molecule has 0 saturated heterocycles. The van der Waals surface area contributed by atoms with Crippen LogP contribution in [0, 0.1) is 11.8 Å². The predicted octanol–water partition coefficient (Wildman–Crippen LogP) is 3.34. The second-order valence-corrected chi connectivity index (χ2v) is 6.44. The lowest BCUT2D eigenvalue weighted by atomic mass is 9.78. The molecule has 3 N–H and O–H groups in total. The van der Waals surface area contributed by atoms with Gasteiger partial charge in [-0.3, -0.25) is 11.3 Å². The first-order valence-electron chi connectivity index (χ1n) is 6.78. The van der Waals surface area contributed by atoms with Crippen molar-refractivity contribution >= 4 is 11.3 Å². The molecule has 1 saturated carbocycles. The van der Waals surface area contributed by atoms with Gasteiger partial charge >= 0.3 is 0 Å². The highest BCUT2D eigenvalue weighted by Gasteiger charge is 2.25. The van der Waals surface area contributed by atoms with E-state index in [0.29, 0.717) is 6.04 Å². The van der Waals surface area contributed by atoms with Gasteiger partial charge in [0.05, 0.1) is 0 Å². The van der Waals surface area contributed by atoms with Crippen LogP contribution in [-0.2, 0) is 6.42 Å². The molecule has 0 spiro atoms. The minimum Gasteiger partial charge on any atom is -0.271 e. The van der Waals surface area contributed by atoms with Gasteiger partial charge in [-0.2, -0.15) is 0 Å². The van der Waals surface area contributed by atoms with Gasteiger partial charge < -0.3 is 0 Å². The minimum absolute atomic E-state index is 0.504. The van der Waals surface area contributed by atoms with E-state index in [0.717, 1.165) is 11.8 Å². The maximum atomic E-state index is 5.73. The Hall–Kier alpha value is -0.380. The Labute approximate surface area is 109 Å². The Kier molecular flexibility index (Phi) is 5.01. The summed E-state index contributed by atoms with van der Waals surface area (Å²) in [4.78, 5) is 1.48. The monoisotopic (exact) mass is 252 g/mol. The summed E-state index contributed by atoms with van der Waals surface area (Å²) in [5, 5.41) is 2.16. The topological polar surface area (TPSA) is 38.0 Å². The molecule has 1 atom stereocenters. The highest BCUT2D eigenvalue weighted by Crippen LogP contribution is 2.31. The van der Waals surface area contributed by atoms with Crippen molar-refractivity contribution in [2.75, 3.05) is 0 Å². The third-order valence-electron chi connectivity index (χ3n) is 4.13. The fraction of sp³-hybridized carbons (Fsp3) is 0.714. The fourth-order valence-electron chi connectivity index (χ4n) is 2.90. The van der Waals surface area contributed by atoms with E-state index in [1.807, 2.05) is 11.3 Å². The first kappa shape index (κ1) is 13.1. The summed E-state index contributed by atoms with van der Waals surface area (Å²) in [6.07, 6.45) is 7.79. The lowest BCUT2D eigenvalue weighted by Gasteiger charge is -2.32. The zero-order valence-electron chi connectivity index (χ0n) is 10.7. The first-order valence-corrected chi connectivity index (χ1v) is 7.66. The molecule has 0 bridgehead atoms. The molecule has 1 aromatic heterocycles. The van der Waals surface area contributed by atoms with Crippen LogP contribution >= 0.6 is 11.3 Å². The number of nitrogens with one attached hydrogen (secondary N) is 1. The summed E-state index contributed by atoms with van der Waals surface area (Å²) in [5.41, 5.74) is 3.05. The average molecular weight is 252 g/mol. The van der Waals surface area contributed by atoms with Gasteiger partial charge in [0.25, 0.3) is 0 Å². The van der Waals surface area contributed by atoms with Crippen LogP contribution in [0.15, 0.2) is 17.5 Å². The Balaban J connectivity index is 1.80. The van der Waals surface area contributed by atoms with Crippen LogP contribution in [0.2, 0.25) is 0 Å². The summed E-state index contributed by atoms with van der Waals surface area (Å²) in [6, 6.07) is 4.86. The molecule has 0 radical (unpaired) electrons. The molecular weight excluding hydrogens is 228 g/mol. The van der Waals surface area contributed by atoms with Gasteiger partial charge in [-0.1, -0.05) is 25.8 Å². The highest BCUT2D eigenvalue weighted by molar-refractivity contribution is 7.09. The van der Waals surface area contributed by atoms with Crippen molar-refractivity contribution in [2.24, 2.45) is 17.7 Å². The second kappa shape index (κ2) is 6.53. The zero-order chi connectivity index (χ0) is 12.1. The van der Waals surface area contributed by atoms with Gasteiger partial charge in [-0.25, -0.2) is 0 Å². The SMILES string of the molecule is CC1CCC(C(CCc2cccs2)NN)CC1. The predicted molar refractivity (Wildman–Crippen MR) is 74.9 cm³/mol. The maximum Gasteiger partial charge on any atom is 0.0242 e. The molecule has 2 rings (SSSR count). The van der Waals surface area contributed by atoms with Crippen molar-refractivity contribution in [1.29, 1.82) is 0 Å². The normalized spacial score (nSPS) is 26.9. The van der Waals surface area contributed by atoms with Gasteiger partial charge in [-0.05, 0) is 49.0 Å². The number of hydrazine groups is 1. The van der Waals surface area contributed by atoms with E-state index < -0.39 is 0 Å². The van der Waals surface area contributed by atoms with Crippen molar-refractivity contribution < 1.29 is 0 Å². The Morgan fingerprint density at radius 3 is 2.76 bits per heavy atom. The molecule has 96 valence electrons. The number of nitrogens with two attached hydrogens (primary N) is 1. The maximum absolute atomic E-state index is 5.73. The molecule has 1 aliphatic carbocycles. The van der Waals surface area contributed by atoms with E-state index in [9.17, 15) is 0 Å². The van der Waals surface area contributed by atoms with E-state index in [1.165, 1.54) is 43.4 Å². The van der Waals surface area contributed by atoms with Crippen LogP contribution in [0.1, 0.15) is 43.9 Å². The minimum atomic E-state index is 0.504. The zero-order valence-corrected chi connectivity index (χ0v) is 11.5. The van der Waals surface area contributed by atoms with Crippen LogP contribution in [0.5, 0.6) is 0 Å². The number of hydrogen-bond acceptors (Lipinski definition) is 3. The van der Waals surface area contributed by atoms with Gasteiger partial charge in [0.1, 0.15) is 0 Å². The van der Waals surface area contributed by atoms with Crippen molar-refractivity contribution in [3.8, 4) is 0 Å². The molecule has 0 aliphatic heterocycles. The Morgan fingerprint density at radius 2 is 2.18 bits per heavy atom. The molecule has 17 heavy (non-hydrogen) atoms. The molecule has 1 aliphatic rings. The summed E-state index contributed by atoms with van der Waals surface area (Å²) in [6.45, 7) is 2.37. The average Bonchev–Trinajstić information content (AvgIpc) is 2.85. The molecule has 1 heterocycles. The summed E-state index contributed by atoms with van der Waals surface area (Å²) < 4.78 is 0. The number of hydrogen-bond donors (Lipinski definition) is 2. The Bertz CT molecular complexity index is 302. The van der Waals surface area contributed by atoms with Crippen molar-refractivity contribution in [1.82, 2.24) is 5.43 Å². The van der Waals surface area contributed by atoms with Crippen molar-refractivity contribution in [3.05, 3.63) is 22.4 Å². The van der Waals surface area contributed by atoms with E-state index in [4.69, 9.17) is 5.84 Å². The molecule has 2 nitrogen and oxygen atoms in total. The number of thiophene rings is 1. The lowest BCUT2D eigenvalue weighted by molar-refractivity contribution is 0.223. The van der Waals surface area contributed by atoms with Crippen molar-refractivity contribution in [2.45, 2.75) is 51.5 Å². The molecule has 1 unspecified atom stereocenters. The quantitative estimate of drug-likeness (QED) is 0.623. The number of aryl methyl sites for hydroxylation is 1. The van der Waals surface area contributed by atoms with E-state index in [1.54, 1.807) is 0 Å². The van der Waals surface area contributed by atoms with Crippen LogP contribution in [0.25, 0.3) is 0 Å². The van der Waals surface area contributed by atoms with E-state index in [2.05, 4.69) is 29.9 Å². The number of rotatable bonds is 5. The Morgan fingerprint density at radius 1 is 1.41 bits per heavy atom. The van der Waals surface area contributed by atoms with Crippen LogP contribution in [0.3, 0.4) is 0 Å². The van der Waals surface area contributed by atoms with Crippen LogP contribution in [0.4, 0.5) is 0 Å². The van der Waals surface area contributed by atoms with E-state index in [-0.39, 0.29) is 0 Å². The van der Waals surface area contributed by atoms with Gasteiger partial charge in [0, 0.05) is 10.9 Å². The molecule has 1 aromatic rings. The van der Waals surface area contributed by atoms with Gasteiger partial charge in [0.2, 0.25) is 0 Å². The van der Waals surface area contributed by atoms with Crippen LogP contribution < -0.4 is 11.3 Å².